The molecule has 0 aromatic heterocycles. The summed E-state index contributed by atoms with van der Waals surface area (Å²) in [6.45, 7) is 0. The third kappa shape index (κ3) is 1.91. The number of hydrogen-bond donors (Lipinski definition) is 0. The summed E-state index contributed by atoms with van der Waals surface area (Å²) in [5.74, 6) is 3.75. The minimum Gasteiger partial charge on any atom is -0.492 e. The lowest BCUT2D eigenvalue weighted by atomic mass is 10.1. The van der Waals surface area contributed by atoms with E-state index in [0.29, 0.717) is 10.9 Å². The zero-order valence-electron chi connectivity index (χ0n) is 10.1. The van der Waals surface area contributed by atoms with E-state index in [1.807, 2.05) is 0 Å². The first-order valence-electron chi connectivity index (χ1n) is 6.13. The minimum absolute atomic E-state index is 0.398. The average molecular weight is 245 g/mol. The van der Waals surface area contributed by atoms with Gasteiger partial charge in [0.1, 0.15) is 11.5 Å². The van der Waals surface area contributed by atoms with Crippen molar-refractivity contribution in [3.8, 4) is 5.75 Å². The summed E-state index contributed by atoms with van der Waals surface area (Å²) in [6.07, 6.45) is 2.74. The first-order valence-corrected chi connectivity index (χ1v) is 7.69. The Hall–Kier alpha value is -1.15. The first kappa shape index (κ1) is 11.0. The average Bonchev–Trinajstić information content (AvgIpc) is 2.91. The maximum absolute atomic E-state index is 5.57. The van der Waals surface area contributed by atoms with Gasteiger partial charge in [0, 0.05) is 16.3 Å². The van der Waals surface area contributed by atoms with Gasteiger partial charge in [-0.05, 0) is 30.4 Å². The normalized spacial score (nSPS) is 16.5. The number of rotatable bonds is 2. The van der Waals surface area contributed by atoms with Crippen molar-refractivity contribution in [2.75, 3.05) is 18.6 Å². The Morgan fingerprint density at radius 2 is 1.76 bits per heavy atom. The molecule has 88 valence electrons. The molecule has 2 heteroatoms. The smallest absolute Gasteiger partial charge is 0.204 e. The minimum atomic E-state index is 0.398. The van der Waals surface area contributed by atoms with Crippen LogP contribution in [0.2, 0.25) is 0 Å². The second-order valence-corrected chi connectivity index (χ2v) is 6.64. The van der Waals surface area contributed by atoms with Gasteiger partial charge in [-0.3, -0.25) is 0 Å². The molecule has 1 aliphatic heterocycles. The quantitative estimate of drug-likeness (QED) is 0.734. The van der Waals surface area contributed by atoms with Crippen LogP contribution in [0, 0.1) is 0 Å². The van der Waals surface area contributed by atoms with E-state index in [1.54, 1.807) is 7.11 Å². The summed E-state index contributed by atoms with van der Waals surface area (Å²) in [5, 5.41) is 2.72. The Balaban J connectivity index is 2.23. The largest absolute Gasteiger partial charge is 0.492 e. The van der Waals surface area contributed by atoms with Crippen LogP contribution in [0.15, 0.2) is 41.3 Å². The van der Waals surface area contributed by atoms with Gasteiger partial charge in [0.2, 0.25) is 4.90 Å². The third-order valence-corrected chi connectivity index (χ3v) is 5.94. The molecular weight excluding hydrogens is 228 g/mol. The van der Waals surface area contributed by atoms with Crippen LogP contribution in [0.1, 0.15) is 12.8 Å². The fourth-order valence-corrected chi connectivity index (χ4v) is 5.19. The zero-order chi connectivity index (χ0) is 11.7. The van der Waals surface area contributed by atoms with Crippen molar-refractivity contribution in [1.82, 2.24) is 0 Å². The highest BCUT2D eigenvalue weighted by molar-refractivity contribution is 7.97. The Bertz CT molecular complexity index is 529. The van der Waals surface area contributed by atoms with E-state index in [9.17, 15) is 0 Å². The van der Waals surface area contributed by atoms with Crippen LogP contribution in [0.25, 0.3) is 10.8 Å². The highest BCUT2D eigenvalue weighted by atomic mass is 32.2. The van der Waals surface area contributed by atoms with Crippen LogP contribution in [-0.4, -0.2) is 18.6 Å². The van der Waals surface area contributed by atoms with Gasteiger partial charge in [0.25, 0.3) is 0 Å². The molecule has 2 aromatic rings. The number of benzene rings is 2. The number of hydrogen-bond acceptors (Lipinski definition) is 1. The number of fused-ring (bicyclic) bond motifs is 1. The molecule has 3 rings (SSSR count). The maximum Gasteiger partial charge on any atom is 0.204 e. The van der Waals surface area contributed by atoms with Gasteiger partial charge in [-0.25, -0.2) is 0 Å². The van der Waals surface area contributed by atoms with Crippen LogP contribution < -0.4 is 4.74 Å². The molecule has 0 amide bonds. The molecule has 0 spiro atoms. The van der Waals surface area contributed by atoms with Gasteiger partial charge < -0.3 is 4.74 Å². The molecular formula is C15H17OS+. The van der Waals surface area contributed by atoms with Crippen molar-refractivity contribution in [3.05, 3.63) is 36.4 Å². The fourth-order valence-electron chi connectivity index (χ4n) is 2.54. The summed E-state index contributed by atoms with van der Waals surface area (Å²) >= 11 is 0. The fraction of sp³-hybridized carbons (Fsp3) is 0.333. The van der Waals surface area contributed by atoms with E-state index in [0.717, 1.165) is 5.75 Å². The molecule has 0 unspecified atom stereocenters. The maximum atomic E-state index is 5.57. The first-order chi connectivity index (χ1) is 8.40. The summed E-state index contributed by atoms with van der Waals surface area (Å²) < 4.78 is 5.57. The van der Waals surface area contributed by atoms with E-state index in [1.165, 1.54) is 40.0 Å². The highest BCUT2D eigenvalue weighted by Crippen LogP contribution is 2.36. The van der Waals surface area contributed by atoms with E-state index in [4.69, 9.17) is 4.74 Å². The van der Waals surface area contributed by atoms with E-state index in [2.05, 4.69) is 36.4 Å². The molecule has 0 radical (unpaired) electrons. The monoisotopic (exact) mass is 245 g/mol. The molecule has 1 fully saturated rings. The Labute approximate surface area is 105 Å². The summed E-state index contributed by atoms with van der Waals surface area (Å²) in [6, 6.07) is 13.0. The summed E-state index contributed by atoms with van der Waals surface area (Å²) in [4.78, 5) is 1.46. The molecule has 1 nitrogen and oxygen atoms in total. The predicted octanol–water partition coefficient (Wildman–Crippen LogP) is 3.62. The second-order valence-electron chi connectivity index (χ2n) is 4.43. The predicted molar refractivity (Wildman–Crippen MR) is 75.1 cm³/mol. The Morgan fingerprint density at radius 3 is 2.53 bits per heavy atom. The molecule has 1 saturated heterocycles. The number of methoxy groups -OCH3 is 1. The van der Waals surface area contributed by atoms with Gasteiger partial charge in [-0.1, -0.05) is 24.3 Å². The molecule has 0 aliphatic carbocycles. The van der Waals surface area contributed by atoms with Crippen LogP contribution in [0.3, 0.4) is 0 Å². The van der Waals surface area contributed by atoms with Gasteiger partial charge in [-0.2, -0.15) is 0 Å². The van der Waals surface area contributed by atoms with Crippen molar-refractivity contribution in [2.24, 2.45) is 0 Å². The highest BCUT2D eigenvalue weighted by Gasteiger charge is 2.31. The van der Waals surface area contributed by atoms with Gasteiger partial charge >= 0.3 is 0 Å². The summed E-state index contributed by atoms with van der Waals surface area (Å²) in [5.41, 5.74) is 0. The molecule has 0 bridgehead atoms. The van der Waals surface area contributed by atoms with Crippen LogP contribution in [0.5, 0.6) is 5.75 Å². The Morgan fingerprint density at radius 1 is 1.00 bits per heavy atom. The van der Waals surface area contributed by atoms with Crippen LogP contribution in [-0.2, 0) is 10.9 Å². The van der Waals surface area contributed by atoms with Gasteiger partial charge in [-0.15, -0.1) is 0 Å². The van der Waals surface area contributed by atoms with E-state index in [-0.39, 0.29) is 0 Å². The van der Waals surface area contributed by atoms with Crippen LogP contribution in [0.4, 0.5) is 0 Å². The van der Waals surface area contributed by atoms with Crippen molar-refractivity contribution in [1.29, 1.82) is 0 Å². The van der Waals surface area contributed by atoms with E-state index >= 15 is 0 Å². The van der Waals surface area contributed by atoms with Crippen molar-refractivity contribution in [2.45, 2.75) is 17.7 Å². The molecule has 1 heterocycles. The van der Waals surface area contributed by atoms with Crippen molar-refractivity contribution in [3.63, 3.8) is 0 Å². The van der Waals surface area contributed by atoms with Gasteiger partial charge in [0.05, 0.1) is 7.11 Å². The second kappa shape index (κ2) is 4.61. The van der Waals surface area contributed by atoms with Gasteiger partial charge in [0.15, 0.2) is 5.75 Å². The third-order valence-electron chi connectivity index (χ3n) is 3.38. The molecule has 0 saturated carbocycles. The number of ether oxygens (including phenoxy) is 1. The lowest BCUT2D eigenvalue weighted by Gasteiger charge is -2.10. The Kier molecular flexibility index (Phi) is 2.98. The van der Waals surface area contributed by atoms with Crippen molar-refractivity contribution < 1.29 is 4.74 Å². The molecule has 0 atom stereocenters. The lowest BCUT2D eigenvalue weighted by Crippen LogP contribution is -2.06. The van der Waals surface area contributed by atoms with Crippen LogP contribution >= 0.6 is 0 Å². The summed E-state index contributed by atoms with van der Waals surface area (Å²) in [7, 11) is 2.18. The topological polar surface area (TPSA) is 9.23 Å². The SMILES string of the molecule is COc1ccc2ccccc2c1[S+]1CCCC1. The lowest BCUT2D eigenvalue weighted by molar-refractivity contribution is 0.406. The molecule has 1 aliphatic rings. The van der Waals surface area contributed by atoms with E-state index < -0.39 is 0 Å². The molecule has 17 heavy (non-hydrogen) atoms. The molecule has 2 aromatic carbocycles. The zero-order valence-corrected chi connectivity index (χ0v) is 10.9. The molecule has 0 N–H and O–H groups in total. The van der Waals surface area contributed by atoms with Crippen molar-refractivity contribution >= 4 is 21.7 Å². The standard InChI is InChI=1S/C15H17OS/c1-16-14-9-8-12-6-2-3-7-13(12)15(14)17-10-4-5-11-17/h2-3,6-9H,4-5,10-11H2,1H3/q+1.